The van der Waals surface area contributed by atoms with E-state index in [0.717, 1.165) is 44.7 Å². The van der Waals surface area contributed by atoms with E-state index in [1.54, 1.807) is 12.1 Å². The zero-order chi connectivity index (χ0) is 23.4. The van der Waals surface area contributed by atoms with Gasteiger partial charge >= 0.3 is 5.97 Å². The van der Waals surface area contributed by atoms with Gasteiger partial charge in [-0.05, 0) is 75.1 Å². The number of carboxylic acid groups (broad SMARTS) is 1. The van der Waals surface area contributed by atoms with E-state index in [0.29, 0.717) is 23.4 Å². The van der Waals surface area contributed by atoms with Gasteiger partial charge in [0.1, 0.15) is 11.4 Å². The van der Waals surface area contributed by atoms with Gasteiger partial charge in [0.05, 0.1) is 11.3 Å². The summed E-state index contributed by atoms with van der Waals surface area (Å²) in [6.45, 7) is 3.87. The molecule has 6 rings (SSSR count). The molecule has 174 valence electrons. The number of nitrogens with zero attached hydrogens (tertiary/aromatic N) is 3. The van der Waals surface area contributed by atoms with Crippen molar-refractivity contribution in [1.29, 1.82) is 0 Å². The summed E-state index contributed by atoms with van der Waals surface area (Å²) in [5, 5.41) is 14.8. The molecule has 2 aliphatic rings. The van der Waals surface area contributed by atoms with E-state index in [1.165, 1.54) is 38.5 Å². The number of rotatable bonds is 6. The number of hydrogen-bond acceptors (Lipinski definition) is 4. The van der Waals surface area contributed by atoms with Crippen LogP contribution in [-0.2, 0) is 0 Å². The average molecular weight is 456 g/mol. The lowest BCUT2D eigenvalue weighted by molar-refractivity contribution is 0.0697. The van der Waals surface area contributed by atoms with Crippen molar-refractivity contribution in [3.63, 3.8) is 0 Å². The lowest BCUT2D eigenvalue weighted by atomic mass is 9.68. The van der Waals surface area contributed by atoms with Crippen molar-refractivity contribution >= 4 is 17.0 Å². The van der Waals surface area contributed by atoms with Gasteiger partial charge in [-0.15, -0.1) is 0 Å². The number of benzene rings is 1. The lowest BCUT2D eigenvalue weighted by Crippen LogP contribution is -2.34. The highest BCUT2D eigenvalue weighted by molar-refractivity contribution is 5.98. The van der Waals surface area contributed by atoms with Gasteiger partial charge in [-0.1, -0.05) is 30.1 Å². The van der Waals surface area contributed by atoms with E-state index in [1.807, 2.05) is 32.2 Å². The summed E-state index contributed by atoms with van der Waals surface area (Å²) in [7, 11) is 0. The number of pyridine rings is 1. The molecule has 1 N–H and O–H groups in total. The van der Waals surface area contributed by atoms with Crippen LogP contribution in [0.5, 0.6) is 0 Å². The SMILES string of the molecule is Cc1noc(C)c1-c1cnc2c(c1)c(-c1cccc(C(=O)O)c1)cn2C(C1CCC1)C1CCC1. The molecule has 0 unspecified atom stereocenters. The smallest absolute Gasteiger partial charge is 0.335 e. The Morgan fingerprint density at radius 2 is 1.82 bits per heavy atom. The fourth-order valence-corrected chi connectivity index (χ4v) is 5.84. The maximum absolute atomic E-state index is 11.7. The minimum absolute atomic E-state index is 0.294. The Hall–Kier alpha value is -3.41. The number of aromatic nitrogens is 3. The number of carbonyl (C=O) groups is 1. The molecule has 0 spiro atoms. The third-order valence-corrected chi connectivity index (χ3v) is 8.00. The molecule has 2 saturated carbocycles. The largest absolute Gasteiger partial charge is 0.478 e. The zero-order valence-corrected chi connectivity index (χ0v) is 19.6. The van der Waals surface area contributed by atoms with Gasteiger partial charge in [-0.3, -0.25) is 0 Å². The molecule has 6 heteroatoms. The van der Waals surface area contributed by atoms with E-state index in [2.05, 4.69) is 22.0 Å². The monoisotopic (exact) mass is 455 g/mol. The number of fused-ring (bicyclic) bond motifs is 1. The van der Waals surface area contributed by atoms with Gasteiger partial charge in [0.15, 0.2) is 0 Å². The van der Waals surface area contributed by atoms with Gasteiger partial charge in [0, 0.05) is 40.5 Å². The Morgan fingerprint density at radius 1 is 1.09 bits per heavy atom. The third-order valence-electron chi connectivity index (χ3n) is 8.00. The molecule has 0 amide bonds. The Bertz CT molecular complexity index is 1360. The molecule has 0 saturated heterocycles. The Labute approximate surface area is 198 Å². The molecule has 34 heavy (non-hydrogen) atoms. The molecule has 0 aliphatic heterocycles. The van der Waals surface area contributed by atoms with Crippen LogP contribution in [0.25, 0.3) is 33.3 Å². The molecule has 4 aromatic rings. The second-order valence-electron chi connectivity index (χ2n) is 10.0. The first kappa shape index (κ1) is 21.1. The predicted molar refractivity (Wildman–Crippen MR) is 131 cm³/mol. The van der Waals surface area contributed by atoms with Crippen molar-refractivity contribution in [1.82, 2.24) is 14.7 Å². The first-order valence-corrected chi connectivity index (χ1v) is 12.3. The highest BCUT2D eigenvalue weighted by Crippen LogP contribution is 2.49. The van der Waals surface area contributed by atoms with Crippen LogP contribution >= 0.6 is 0 Å². The molecule has 3 heterocycles. The first-order chi connectivity index (χ1) is 16.5. The standard InChI is InChI=1S/C28H29N3O3/c1-16-25(17(2)34-30-16)22-13-23-24(20-10-5-11-21(12-20)28(32)33)15-31(27(23)29-14-22)26(18-6-3-7-18)19-8-4-9-19/h5,10-15,18-19,26H,3-4,6-9H2,1-2H3,(H,32,33). The van der Waals surface area contributed by atoms with Crippen LogP contribution in [0.2, 0.25) is 0 Å². The second-order valence-corrected chi connectivity index (χ2v) is 10.0. The van der Waals surface area contributed by atoms with Gasteiger partial charge in [0.25, 0.3) is 0 Å². The van der Waals surface area contributed by atoms with E-state index >= 15 is 0 Å². The normalized spacial score (nSPS) is 16.7. The summed E-state index contributed by atoms with van der Waals surface area (Å²) in [4.78, 5) is 16.7. The minimum Gasteiger partial charge on any atom is -0.478 e. The van der Waals surface area contributed by atoms with E-state index in [4.69, 9.17) is 9.51 Å². The molecule has 6 nitrogen and oxygen atoms in total. The predicted octanol–water partition coefficient (Wildman–Crippen LogP) is 6.81. The molecule has 0 radical (unpaired) electrons. The first-order valence-electron chi connectivity index (χ1n) is 12.3. The Balaban J connectivity index is 1.57. The van der Waals surface area contributed by atoms with Crippen molar-refractivity contribution in [3.8, 4) is 22.3 Å². The minimum atomic E-state index is -0.915. The highest BCUT2D eigenvalue weighted by Gasteiger charge is 2.38. The average Bonchev–Trinajstić information content (AvgIpc) is 3.30. The van der Waals surface area contributed by atoms with Crippen LogP contribution < -0.4 is 0 Å². The summed E-state index contributed by atoms with van der Waals surface area (Å²) in [6.07, 6.45) is 11.9. The van der Waals surface area contributed by atoms with Crippen LogP contribution in [0.15, 0.2) is 47.2 Å². The number of aromatic carboxylic acids is 1. The van der Waals surface area contributed by atoms with Crippen molar-refractivity contribution in [2.45, 2.75) is 58.4 Å². The lowest BCUT2D eigenvalue weighted by Gasteiger charge is -2.43. The van der Waals surface area contributed by atoms with Gasteiger partial charge in [-0.25, -0.2) is 9.78 Å². The summed E-state index contributed by atoms with van der Waals surface area (Å²) >= 11 is 0. The number of carboxylic acids is 1. The second kappa shape index (κ2) is 8.12. The molecule has 0 atom stereocenters. The number of aryl methyl sites for hydroxylation is 2. The van der Waals surface area contributed by atoms with Crippen LogP contribution in [0.4, 0.5) is 0 Å². The zero-order valence-electron chi connectivity index (χ0n) is 19.6. The molecular formula is C28H29N3O3. The summed E-state index contributed by atoms with van der Waals surface area (Å²) < 4.78 is 7.84. The van der Waals surface area contributed by atoms with Gasteiger partial charge in [0.2, 0.25) is 0 Å². The Kier molecular flexibility index (Phi) is 5.05. The van der Waals surface area contributed by atoms with Gasteiger partial charge in [-0.2, -0.15) is 0 Å². The summed E-state index contributed by atoms with van der Waals surface area (Å²) in [6, 6.07) is 9.86. The quantitative estimate of drug-likeness (QED) is 0.345. The molecular weight excluding hydrogens is 426 g/mol. The molecule has 2 fully saturated rings. The van der Waals surface area contributed by atoms with Crippen LogP contribution in [0.1, 0.15) is 66.4 Å². The van der Waals surface area contributed by atoms with Gasteiger partial charge < -0.3 is 14.2 Å². The maximum atomic E-state index is 11.7. The van der Waals surface area contributed by atoms with Crippen molar-refractivity contribution < 1.29 is 14.4 Å². The molecule has 0 bridgehead atoms. The van der Waals surface area contributed by atoms with Crippen molar-refractivity contribution in [3.05, 3.63) is 59.7 Å². The van der Waals surface area contributed by atoms with Crippen LogP contribution in [0, 0.1) is 25.7 Å². The van der Waals surface area contributed by atoms with Crippen LogP contribution in [-0.4, -0.2) is 25.8 Å². The van der Waals surface area contributed by atoms with Crippen molar-refractivity contribution in [2.24, 2.45) is 11.8 Å². The summed E-state index contributed by atoms with van der Waals surface area (Å²) in [5.74, 6) is 1.25. The fourth-order valence-electron chi connectivity index (χ4n) is 5.84. The maximum Gasteiger partial charge on any atom is 0.335 e. The molecule has 2 aliphatic carbocycles. The van der Waals surface area contributed by atoms with Crippen molar-refractivity contribution in [2.75, 3.05) is 0 Å². The third kappa shape index (κ3) is 3.35. The molecule has 3 aromatic heterocycles. The van der Waals surface area contributed by atoms with E-state index in [-0.39, 0.29) is 0 Å². The highest BCUT2D eigenvalue weighted by atomic mass is 16.5. The fraction of sp³-hybridized carbons (Fsp3) is 0.393. The van der Waals surface area contributed by atoms with E-state index in [9.17, 15) is 9.90 Å². The number of hydrogen-bond donors (Lipinski definition) is 1. The topological polar surface area (TPSA) is 81.2 Å². The van der Waals surface area contributed by atoms with Crippen LogP contribution in [0.3, 0.4) is 0 Å². The Morgan fingerprint density at radius 3 is 2.41 bits per heavy atom. The molecule has 1 aromatic carbocycles. The van der Waals surface area contributed by atoms with E-state index < -0.39 is 5.97 Å². The summed E-state index contributed by atoms with van der Waals surface area (Å²) in [5.41, 5.74) is 6.00.